The molecule has 20 heavy (non-hydrogen) atoms. The molecule has 0 atom stereocenters. The minimum atomic E-state index is 0.300. The van der Waals surface area contributed by atoms with E-state index >= 15 is 0 Å². The van der Waals surface area contributed by atoms with Crippen molar-refractivity contribution in [3.05, 3.63) is 39.5 Å². The zero-order chi connectivity index (χ0) is 14.9. The van der Waals surface area contributed by atoms with Crippen molar-refractivity contribution in [3.63, 3.8) is 0 Å². The third-order valence-corrected chi connectivity index (χ3v) is 3.90. The summed E-state index contributed by atoms with van der Waals surface area (Å²) in [6, 6.07) is 3.78. The highest BCUT2D eigenvalue weighted by atomic mass is 35.5. The van der Waals surface area contributed by atoms with Crippen LogP contribution in [-0.2, 0) is 13.6 Å². The van der Waals surface area contributed by atoms with Crippen molar-refractivity contribution in [2.45, 2.75) is 33.2 Å². The van der Waals surface area contributed by atoms with Crippen LogP contribution in [0.2, 0.25) is 10.2 Å². The zero-order valence-corrected chi connectivity index (χ0v) is 13.5. The van der Waals surface area contributed by atoms with Crippen LogP contribution in [0.5, 0.6) is 0 Å². The number of halogens is 2. The number of aryl methyl sites for hydroxylation is 1. The Bertz CT molecular complexity index is 620. The summed E-state index contributed by atoms with van der Waals surface area (Å²) in [7, 11) is 1.88. The van der Waals surface area contributed by atoms with Crippen molar-refractivity contribution in [2.24, 2.45) is 7.05 Å². The van der Waals surface area contributed by atoms with Crippen molar-refractivity contribution < 1.29 is 0 Å². The molecule has 0 unspecified atom stereocenters. The van der Waals surface area contributed by atoms with Crippen molar-refractivity contribution in [1.29, 1.82) is 0 Å². The lowest BCUT2D eigenvalue weighted by Gasteiger charge is -2.11. The Morgan fingerprint density at radius 1 is 1.25 bits per heavy atom. The van der Waals surface area contributed by atoms with Crippen LogP contribution in [0.1, 0.15) is 37.0 Å². The van der Waals surface area contributed by atoms with E-state index in [0.29, 0.717) is 22.6 Å². The van der Waals surface area contributed by atoms with Crippen LogP contribution in [0, 0.1) is 6.92 Å². The maximum absolute atomic E-state index is 6.05. The van der Waals surface area contributed by atoms with Crippen molar-refractivity contribution >= 4 is 29.0 Å². The van der Waals surface area contributed by atoms with Crippen molar-refractivity contribution in [1.82, 2.24) is 14.5 Å². The predicted molar refractivity (Wildman–Crippen MR) is 83.6 cm³/mol. The standard InChI is InChI=1S/C14H18Cl2N4/c1-8(2)14-18-9(3)5-12(19-14)17-7-10-6-11(15)13(16)20(10)4/h5-6,8H,7H2,1-4H3,(H,17,18,19). The molecule has 2 rings (SSSR count). The number of anilines is 1. The van der Waals surface area contributed by atoms with Gasteiger partial charge in [-0.3, -0.25) is 0 Å². The van der Waals surface area contributed by atoms with Gasteiger partial charge in [0.15, 0.2) is 0 Å². The highest BCUT2D eigenvalue weighted by Crippen LogP contribution is 2.25. The summed E-state index contributed by atoms with van der Waals surface area (Å²) >= 11 is 12.1. The zero-order valence-electron chi connectivity index (χ0n) is 12.0. The summed E-state index contributed by atoms with van der Waals surface area (Å²) in [5.41, 5.74) is 1.96. The SMILES string of the molecule is Cc1cc(NCc2cc(Cl)c(Cl)n2C)nc(C(C)C)n1. The quantitative estimate of drug-likeness (QED) is 0.921. The van der Waals surface area contributed by atoms with Gasteiger partial charge in [-0.1, -0.05) is 37.0 Å². The van der Waals surface area contributed by atoms with Gasteiger partial charge in [-0.05, 0) is 13.0 Å². The normalized spacial score (nSPS) is 11.2. The van der Waals surface area contributed by atoms with E-state index in [4.69, 9.17) is 23.2 Å². The van der Waals surface area contributed by atoms with E-state index in [1.807, 2.05) is 30.7 Å². The summed E-state index contributed by atoms with van der Waals surface area (Å²) in [5.74, 6) is 1.96. The molecule has 0 bridgehead atoms. The van der Waals surface area contributed by atoms with E-state index in [1.165, 1.54) is 0 Å². The maximum atomic E-state index is 6.05. The molecule has 0 aliphatic heterocycles. The second-order valence-corrected chi connectivity index (χ2v) is 5.86. The molecule has 2 aromatic heterocycles. The van der Waals surface area contributed by atoms with Crippen LogP contribution in [0.25, 0.3) is 0 Å². The first-order valence-corrected chi connectivity index (χ1v) is 7.23. The topological polar surface area (TPSA) is 42.7 Å². The van der Waals surface area contributed by atoms with E-state index in [9.17, 15) is 0 Å². The lowest BCUT2D eigenvalue weighted by molar-refractivity contribution is 0.764. The molecular weight excluding hydrogens is 295 g/mol. The van der Waals surface area contributed by atoms with Crippen molar-refractivity contribution in [3.8, 4) is 0 Å². The minimum absolute atomic E-state index is 0.300. The Labute approximate surface area is 129 Å². The van der Waals surface area contributed by atoms with Crippen molar-refractivity contribution in [2.75, 3.05) is 5.32 Å². The number of hydrogen-bond donors (Lipinski definition) is 1. The molecule has 0 aliphatic rings. The van der Waals surface area contributed by atoms with E-state index in [0.717, 1.165) is 23.0 Å². The van der Waals surface area contributed by atoms with Gasteiger partial charge in [-0.15, -0.1) is 0 Å². The highest BCUT2D eigenvalue weighted by molar-refractivity contribution is 6.41. The third-order valence-electron chi connectivity index (χ3n) is 3.05. The average molecular weight is 313 g/mol. The van der Waals surface area contributed by atoms with Gasteiger partial charge in [-0.25, -0.2) is 9.97 Å². The molecule has 0 saturated heterocycles. The monoisotopic (exact) mass is 312 g/mol. The molecule has 2 aromatic rings. The van der Waals surface area contributed by atoms with Gasteiger partial charge < -0.3 is 9.88 Å². The largest absolute Gasteiger partial charge is 0.364 e. The van der Waals surface area contributed by atoms with Gasteiger partial charge in [-0.2, -0.15) is 0 Å². The Morgan fingerprint density at radius 3 is 2.50 bits per heavy atom. The van der Waals surface area contributed by atoms with E-state index < -0.39 is 0 Å². The lowest BCUT2D eigenvalue weighted by atomic mass is 10.2. The third kappa shape index (κ3) is 3.25. The van der Waals surface area contributed by atoms with Crippen LogP contribution in [0.3, 0.4) is 0 Å². The second-order valence-electron chi connectivity index (χ2n) is 5.09. The summed E-state index contributed by atoms with van der Waals surface area (Å²) < 4.78 is 1.86. The predicted octanol–water partition coefficient (Wildman–Crippen LogP) is 4.17. The molecule has 2 heterocycles. The van der Waals surface area contributed by atoms with Gasteiger partial charge >= 0.3 is 0 Å². The molecule has 0 spiro atoms. The minimum Gasteiger partial charge on any atom is -0.364 e. The Hall–Kier alpha value is -1.26. The fraction of sp³-hybridized carbons (Fsp3) is 0.429. The molecule has 4 nitrogen and oxygen atoms in total. The van der Waals surface area contributed by atoms with Crippen LogP contribution in [0.4, 0.5) is 5.82 Å². The molecule has 0 aromatic carbocycles. The van der Waals surface area contributed by atoms with Gasteiger partial charge in [0.25, 0.3) is 0 Å². The number of hydrogen-bond acceptors (Lipinski definition) is 3. The Morgan fingerprint density at radius 2 is 1.95 bits per heavy atom. The highest BCUT2D eigenvalue weighted by Gasteiger charge is 2.10. The fourth-order valence-corrected chi connectivity index (χ4v) is 2.30. The Kier molecular flexibility index (Phi) is 4.55. The van der Waals surface area contributed by atoms with Gasteiger partial charge in [0.1, 0.15) is 16.8 Å². The molecule has 0 aliphatic carbocycles. The Balaban J connectivity index is 2.16. The first-order valence-electron chi connectivity index (χ1n) is 6.47. The van der Waals surface area contributed by atoms with Crippen LogP contribution >= 0.6 is 23.2 Å². The summed E-state index contributed by atoms with van der Waals surface area (Å²) in [6.07, 6.45) is 0. The maximum Gasteiger partial charge on any atom is 0.133 e. The van der Waals surface area contributed by atoms with E-state index in [-0.39, 0.29) is 0 Å². The van der Waals surface area contributed by atoms with Gasteiger partial charge in [0.05, 0.1) is 11.6 Å². The number of aromatic nitrogens is 3. The molecule has 108 valence electrons. The summed E-state index contributed by atoms with van der Waals surface area (Å²) in [6.45, 7) is 6.73. The average Bonchev–Trinajstić information content (AvgIpc) is 2.63. The summed E-state index contributed by atoms with van der Waals surface area (Å²) in [4.78, 5) is 8.94. The van der Waals surface area contributed by atoms with Crippen LogP contribution in [-0.4, -0.2) is 14.5 Å². The van der Waals surface area contributed by atoms with Gasteiger partial charge in [0, 0.05) is 30.4 Å². The van der Waals surface area contributed by atoms with E-state index in [2.05, 4.69) is 29.1 Å². The molecule has 1 N–H and O–H groups in total. The molecule has 6 heteroatoms. The summed E-state index contributed by atoms with van der Waals surface area (Å²) in [5, 5.41) is 4.40. The molecule has 0 saturated carbocycles. The molecular formula is C14H18Cl2N4. The number of nitrogens with one attached hydrogen (secondary N) is 1. The molecule has 0 fully saturated rings. The smallest absolute Gasteiger partial charge is 0.133 e. The number of rotatable bonds is 4. The first kappa shape index (κ1) is 15.1. The number of nitrogens with zero attached hydrogens (tertiary/aromatic N) is 3. The van der Waals surface area contributed by atoms with Gasteiger partial charge in [0.2, 0.25) is 0 Å². The fourth-order valence-electron chi connectivity index (χ4n) is 1.88. The molecule has 0 amide bonds. The van der Waals surface area contributed by atoms with Crippen LogP contribution < -0.4 is 5.32 Å². The lowest BCUT2D eigenvalue weighted by Crippen LogP contribution is -2.08. The van der Waals surface area contributed by atoms with Crippen LogP contribution in [0.15, 0.2) is 12.1 Å². The second kappa shape index (κ2) is 6.02. The molecule has 0 radical (unpaired) electrons. The van der Waals surface area contributed by atoms with E-state index in [1.54, 1.807) is 0 Å². The first-order chi connectivity index (χ1) is 9.38.